The van der Waals surface area contributed by atoms with Crippen LogP contribution in [0.1, 0.15) is 29.4 Å². The molecule has 0 radical (unpaired) electrons. The average Bonchev–Trinajstić information content (AvgIpc) is 3.25. The second-order valence-corrected chi connectivity index (χ2v) is 6.59. The van der Waals surface area contributed by atoms with Crippen LogP contribution in [0.4, 0.5) is 0 Å². The van der Waals surface area contributed by atoms with Crippen molar-refractivity contribution in [2.24, 2.45) is 5.92 Å². The molecule has 23 heavy (non-hydrogen) atoms. The van der Waals surface area contributed by atoms with E-state index in [0.29, 0.717) is 23.4 Å². The third kappa shape index (κ3) is 4.36. The molecule has 2 aromatic rings. The van der Waals surface area contributed by atoms with Gasteiger partial charge in [-0.3, -0.25) is 4.79 Å². The van der Waals surface area contributed by atoms with Crippen molar-refractivity contribution in [1.82, 2.24) is 10.3 Å². The molecule has 0 saturated carbocycles. The lowest BCUT2D eigenvalue weighted by molar-refractivity contribution is 0.0917. The fraction of sp³-hybridized carbons (Fsp3) is 0.412. The quantitative estimate of drug-likeness (QED) is 0.824. The predicted octanol–water partition coefficient (Wildman–Crippen LogP) is 3.12. The lowest BCUT2D eigenvalue weighted by Crippen LogP contribution is -2.38. The third-order valence-electron chi connectivity index (χ3n) is 3.95. The summed E-state index contributed by atoms with van der Waals surface area (Å²) < 4.78 is 10.7. The summed E-state index contributed by atoms with van der Waals surface area (Å²) in [5.74, 6) is 0.940. The van der Waals surface area contributed by atoms with Gasteiger partial charge in [-0.05, 0) is 18.9 Å². The molecule has 0 bridgehead atoms. The van der Waals surface area contributed by atoms with E-state index >= 15 is 0 Å². The van der Waals surface area contributed by atoms with E-state index in [0.717, 1.165) is 18.8 Å². The van der Waals surface area contributed by atoms with Crippen molar-refractivity contribution < 1.29 is 13.9 Å². The molecular formula is C17H20N2O3S. The molecule has 1 amide bonds. The minimum atomic E-state index is -0.195. The highest BCUT2D eigenvalue weighted by Gasteiger charge is 2.24. The fourth-order valence-corrected chi connectivity index (χ4v) is 3.25. The van der Waals surface area contributed by atoms with Crippen LogP contribution in [-0.2, 0) is 10.5 Å². The van der Waals surface area contributed by atoms with Crippen molar-refractivity contribution in [3.05, 3.63) is 47.9 Å². The van der Waals surface area contributed by atoms with E-state index in [-0.39, 0.29) is 11.9 Å². The molecule has 5 nitrogen and oxygen atoms in total. The summed E-state index contributed by atoms with van der Waals surface area (Å²) in [5, 5.41) is 3.48. The first kappa shape index (κ1) is 16.1. The van der Waals surface area contributed by atoms with Crippen LogP contribution in [-0.4, -0.2) is 30.1 Å². The maximum Gasteiger partial charge on any atom is 0.273 e. The van der Waals surface area contributed by atoms with E-state index < -0.39 is 0 Å². The number of nitrogens with zero attached hydrogens (tertiary/aromatic N) is 1. The first-order chi connectivity index (χ1) is 11.2. The van der Waals surface area contributed by atoms with Crippen molar-refractivity contribution in [3.63, 3.8) is 0 Å². The van der Waals surface area contributed by atoms with E-state index in [2.05, 4.69) is 22.4 Å². The first-order valence-electron chi connectivity index (χ1n) is 7.73. The van der Waals surface area contributed by atoms with Crippen molar-refractivity contribution in [2.45, 2.75) is 30.4 Å². The van der Waals surface area contributed by atoms with Gasteiger partial charge >= 0.3 is 0 Å². The number of carbonyl (C=O) groups excluding carboxylic acids is 1. The molecular weight excluding hydrogens is 312 g/mol. The number of nitrogens with one attached hydrogen (secondary N) is 1. The van der Waals surface area contributed by atoms with Gasteiger partial charge in [0.25, 0.3) is 11.1 Å². The third-order valence-corrected chi connectivity index (χ3v) is 4.86. The Hall–Kier alpha value is -1.79. The molecule has 1 aliphatic rings. The topological polar surface area (TPSA) is 64.4 Å². The van der Waals surface area contributed by atoms with Crippen LogP contribution >= 0.6 is 11.8 Å². The molecule has 1 aromatic carbocycles. The van der Waals surface area contributed by atoms with Crippen LogP contribution in [0.2, 0.25) is 0 Å². The maximum absolute atomic E-state index is 12.2. The van der Waals surface area contributed by atoms with Gasteiger partial charge in [-0.25, -0.2) is 0 Å². The number of hydrogen-bond donors (Lipinski definition) is 1. The predicted molar refractivity (Wildman–Crippen MR) is 88.4 cm³/mol. The Kier molecular flexibility index (Phi) is 5.35. The number of hydrogen-bond acceptors (Lipinski definition) is 5. The van der Waals surface area contributed by atoms with Crippen LogP contribution in [0.25, 0.3) is 0 Å². The number of ether oxygens (including phenoxy) is 1. The number of amides is 1. The molecule has 1 N–H and O–H groups in total. The van der Waals surface area contributed by atoms with Gasteiger partial charge in [0.15, 0.2) is 5.69 Å². The smallest absolute Gasteiger partial charge is 0.273 e. The van der Waals surface area contributed by atoms with Gasteiger partial charge in [0.2, 0.25) is 0 Å². The molecule has 3 rings (SSSR count). The number of thioether (sulfide) groups is 1. The summed E-state index contributed by atoms with van der Waals surface area (Å²) in [6.07, 6.45) is 2.40. The molecule has 2 unspecified atom stereocenters. The zero-order chi connectivity index (χ0) is 16.1. The lowest BCUT2D eigenvalue weighted by atomic mass is 10.0. The minimum absolute atomic E-state index is 0.0714. The second-order valence-electron chi connectivity index (χ2n) is 5.66. The molecule has 6 heteroatoms. The zero-order valence-corrected chi connectivity index (χ0v) is 13.8. The lowest BCUT2D eigenvalue weighted by Gasteiger charge is -2.18. The van der Waals surface area contributed by atoms with Crippen LogP contribution in [0.5, 0.6) is 0 Å². The Morgan fingerprint density at radius 2 is 2.26 bits per heavy atom. The first-order valence-corrected chi connectivity index (χ1v) is 8.72. The molecule has 2 atom stereocenters. The van der Waals surface area contributed by atoms with Crippen molar-refractivity contribution in [1.29, 1.82) is 0 Å². The number of oxazole rings is 1. The van der Waals surface area contributed by atoms with Gasteiger partial charge in [0.1, 0.15) is 6.26 Å². The number of carbonyl (C=O) groups is 1. The fourth-order valence-electron chi connectivity index (χ4n) is 2.49. The average molecular weight is 332 g/mol. The Bertz CT molecular complexity index is 638. The van der Waals surface area contributed by atoms with Gasteiger partial charge in [-0.2, -0.15) is 4.98 Å². The van der Waals surface area contributed by atoms with E-state index in [1.807, 2.05) is 25.1 Å². The van der Waals surface area contributed by atoms with Crippen LogP contribution in [0.3, 0.4) is 0 Å². The van der Waals surface area contributed by atoms with Crippen LogP contribution in [0, 0.1) is 5.92 Å². The Labute approximate surface area is 139 Å². The van der Waals surface area contributed by atoms with E-state index in [9.17, 15) is 4.79 Å². The molecule has 0 spiro atoms. The van der Waals surface area contributed by atoms with E-state index in [1.54, 1.807) is 0 Å². The molecule has 1 aromatic heterocycles. The van der Waals surface area contributed by atoms with Gasteiger partial charge in [0.05, 0.1) is 6.61 Å². The van der Waals surface area contributed by atoms with Crippen molar-refractivity contribution >= 4 is 17.7 Å². The van der Waals surface area contributed by atoms with Crippen molar-refractivity contribution in [3.8, 4) is 0 Å². The van der Waals surface area contributed by atoms with E-state index in [1.165, 1.54) is 23.6 Å². The summed E-state index contributed by atoms with van der Waals surface area (Å²) in [7, 11) is 0. The SMILES string of the molecule is CC(NC(=O)c1coc(SCc2ccccc2)n1)C1CCOC1. The molecule has 0 aliphatic carbocycles. The molecule has 1 fully saturated rings. The molecule has 122 valence electrons. The summed E-state index contributed by atoms with van der Waals surface area (Å²) in [6.45, 7) is 3.48. The second kappa shape index (κ2) is 7.66. The van der Waals surface area contributed by atoms with Crippen molar-refractivity contribution in [2.75, 3.05) is 13.2 Å². The highest BCUT2D eigenvalue weighted by atomic mass is 32.2. The standard InChI is InChI=1S/C17H20N2O3S/c1-12(14-7-8-21-9-14)18-16(20)15-10-22-17(19-15)23-11-13-5-3-2-4-6-13/h2-6,10,12,14H,7-9,11H2,1H3,(H,18,20). The summed E-state index contributed by atoms with van der Waals surface area (Å²) in [6, 6.07) is 10.2. The minimum Gasteiger partial charge on any atom is -0.439 e. The van der Waals surface area contributed by atoms with Gasteiger partial charge in [-0.1, -0.05) is 42.1 Å². The number of rotatable bonds is 6. The Morgan fingerprint density at radius 3 is 3.00 bits per heavy atom. The summed E-state index contributed by atoms with van der Waals surface area (Å²) >= 11 is 1.48. The van der Waals surface area contributed by atoms with E-state index in [4.69, 9.17) is 9.15 Å². The van der Waals surface area contributed by atoms with Gasteiger partial charge in [-0.15, -0.1) is 0 Å². The van der Waals surface area contributed by atoms with Crippen LogP contribution < -0.4 is 5.32 Å². The Morgan fingerprint density at radius 1 is 1.43 bits per heavy atom. The highest BCUT2D eigenvalue weighted by molar-refractivity contribution is 7.98. The number of benzene rings is 1. The largest absolute Gasteiger partial charge is 0.439 e. The molecule has 1 aliphatic heterocycles. The zero-order valence-electron chi connectivity index (χ0n) is 13.0. The van der Waals surface area contributed by atoms with Gasteiger partial charge < -0.3 is 14.5 Å². The molecule has 2 heterocycles. The highest BCUT2D eigenvalue weighted by Crippen LogP contribution is 2.22. The van der Waals surface area contributed by atoms with Crippen LogP contribution in [0.15, 0.2) is 46.2 Å². The number of aromatic nitrogens is 1. The normalized spacial score (nSPS) is 18.7. The Balaban J connectivity index is 1.52. The summed E-state index contributed by atoms with van der Waals surface area (Å²) in [5.41, 5.74) is 1.52. The molecule has 1 saturated heterocycles. The summed E-state index contributed by atoms with van der Waals surface area (Å²) in [4.78, 5) is 16.5. The monoisotopic (exact) mass is 332 g/mol. The maximum atomic E-state index is 12.2. The van der Waals surface area contributed by atoms with Gasteiger partial charge in [0, 0.05) is 24.3 Å².